The molecule has 21 heavy (non-hydrogen) atoms. The molecule has 0 aromatic carbocycles. The first-order valence-electron chi connectivity index (χ1n) is 7.44. The molecule has 1 aliphatic rings. The van der Waals surface area contributed by atoms with E-state index in [-0.39, 0.29) is 5.41 Å². The van der Waals surface area contributed by atoms with Crippen LogP contribution in [0, 0.1) is 6.92 Å². The fourth-order valence-corrected chi connectivity index (χ4v) is 3.50. The van der Waals surface area contributed by atoms with Crippen molar-refractivity contribution in [3.05, 3.63) is 22.0 Å². The van der Waals surface area contributed by atoms with Crippen molar-refractivity contribution in [3.63, 3.8) is 0 Å². The zero-order chi connectivity index (χ0) is 15.0. The monoisotopic (exact) mass is 306 g/mol. The predicted molar refractivity (Wildman–Crippen MR) is 84.0 cm³/mol. The van der Waals surface area contributed by atoms with Crippen LogP contribution in [0.5, 0.6) is 0 Å². The van der Waals surface area contributed by atoms with E-state index in [1.54, 1.807) is 11.3 Å². The zero-order valence-electron chi connectivity index (χ0n) is 13.1. The molecule has 1 saturated heterocycles. The molecule has 3 heterocycles. The maximum atomic E-state index is 5.38. The molecule has 2 aromatic heterocycles. The topological polar surface area (TPSA) is 55.1 Å². The van der Waals surface area contributed by atoms with Crippen LogP contribution >= 0.6 is 11.3 Å². The molecular weight excluding hydrogens is 284 g/mol. The van der Waals surface area contributed by atoms with Crippen LogP contribution in [0.3, 0.4) is 0 Å². The summed E-state index contributed by atoms with van der Waals surface area (Å²) in [6, 6.07) is 0. The first-order valence-corrected chi connectivity index (χ1v) is 8.32. The van der Waals surface area contributed by atoms with Gasteiger partial charge in [-0.3, -0.25) is 0 Å². The Balaban J connectivity index is 1.64. The minimum atomic E-state index is -0.0953. The van der Waals surface area contributed by atoms with E-state index in [0.29, 0.717) is 11.8 Å². The van der Waals surface area contributed by atoms with Gasteiger partial charge in [0.15, 0.2) is 0 Å². The average Bonchev–Trinajstić information content (AvgIpc) is 3.07. The van der Waals surface area contributed by atoms with Gasteiger partial charge in [0.05, 0.1) is 5.01 Å². The Morgan fingerprint density at radius 1 is 1.24 bits per heavy atom. The first-order chi connectivity index (χ1) is 9.93. The minimum Gasteiger partial charge on any atom is -0.338 e. The molecule has 0 aliphatic carbocycles. The van der Waals surface area contributed by atoms with Gasteiger partial charge in [-0.25, -0.2) is 4.98 Å². The van der Waals surface area contributed by atoms with Crippen molar-refractivity contribution in [1.29, 1.82) is 0 Å². The van der Waals surface area contributed by atoms with E-state index in [1.807, 2.05) is 0 Å². The minimum absolute atomic E-state index is 0.0953. The third-order valence-corrected chi connectivity index (χ3v) is 4.95. The van der Waals surface area contributed by atoms with Crippen molar-refractivity contribution in [3.8, 4) is 0 Å². The van der Waals surface area contributed by atoms with Gasteiger partial charge in [0.2, 0.25) is 5.89 Å². The highest BCUT2D eigenvalue weighted by molar-refractivity contribution is 7.09. The molecule has 2 aromatic rings. The second kappa shape index (κ2) is 5.40. The highest BCUT2D eigenvalue weighted by Crippen LogP contribution is 2.32. The molecule has 114 valence electrons. The van der Waals surface area contributed by atoms with Crippen LogP contribution in [-0.2, 0) is 5.41 Å². The number of anilines is 1. The molecule has 5 nitrogen and oxygen atoms in total. The highest BCUT2D eigenvalue weighted by Gasteiger charge is 2.27. The van der Waals surface area contributed by atoms with Gasteiger partial charge in [-0.15, -0.1) is 11.3 Å². The van der Waals surface area contributed by atoms with E-state index in [0.717, 1.165) is 37.6 Å². The summed E-state index contributed by atoms with van der Waals surface area (Å²) in [5.74, 6) is 2.01. The number of aromatic nitrogens is 3. The quantitative estimate of drug-likeness (QED) is 0.849. The Hall–Kier alpha value is -1.43. The van der Waals surface area contributed by atoms with Gasteiger partial charge in [0.25, 0.3) is 5.95 Å². The van der Waals surface area contributed by atoms with Crippen molar-refractivity contribution in [1.82, 2.24) is 15.1 Å². The van der Waals surface area contributed by atoms with Crippen LogP contribution in [-0.4, -0.2) is 28.2 Å². The van der Waals surface area contributed by atoms with Gasteiger partial charge in [-0.05, 0) is 24.9 Å². The van der Waals surface area contributed by atoms with Gasteiger partial charge >= 0.3 is 0 Å². The zero-order valence-corrected chi connectivity index (χ0v) is 13.9. The van der Waals surface area contributed by atoms with Gasteiger partial charge in [0, 0.05) is 35.5 Å². The predicted octanol–water partition coefficient (Wildman–Crippen LogP) is 3.52. The molecule has 6 heteroatoms. The van der Waals surface area contributed by atoms with Gasteiger partial charge in [-0.2, -0.15) is 4.98 Å². The number of piperidine rings is 1. The van der Waals surface area contributed by atoms with E-state index in [2.05, 4.69) is 53.1 Å². The first kappa shape index (κ1) is 14.5. The summed E-state index contributed by atoms with van der Waals surface area (Å²) in [6.07, 6.45) is 2.21. The lowest BCUT2D eigenvalue weighted by molar-refractivity contribution is 0.320. The number of nitrogens with zero attached hydrogens (tertiary/aromatic N) is 4. The Labute approximate surface area is 129 Å². The Kier molecular flexibility index (Phi) is 3.73. The SMILES string of the molecule is Cc1csc(C2CCN(c3noc(C(C)(C)C)n3)CC2)n1. The molecule has 0 N–H and O–H groups in total. The average molecular weight is 306 g/mol. The molecule has 0 saturated carbocycles. The van der Waals surface area contributed by atoms with Crippen LogP contribution in [0.2, 0.25) is 0 Å². The smallest absolute Gasteiger partial charge is 0.266 e. The molecule has 0 atom stereocenters. The number of hydrogen-bond donors (Lipinski definition) is 0. The van der Waals surface area contributed by atoms with Gasteiger partial charge < -0.3 is 9.42 Å². The molecule has 1 fully saturated rings. The van der Waals surface area contributed by atoms with Crippen molar-refractivity contribution < 1.29 is 4.52 Å². The molecule has 0 radical (unpaired) electrons. The van der Waals surface area contributed by atoms with Crippen LogP contribution < -0.4 is 4.90 Å². The fraction of sp³-hybridized carbons (Fsp3) is 0.667. The second-order valence-electron chi connectivity index (χ2n) is 6.74. The van der Waals surface area contributed by atoms with E-state index in [9.17, 15) is 0 Å². The van der Waals surface area contributed by atoms with Crippen LogP contribution in [0.1, 0.15) is 56.1 Å². The van der Waals surface area contributed by atoms with E-state index < -0.39 is 0 Å². The molecule has 0 amide bonds. The maximum absolute atomic E-state index is 5.38. The summed E-state index contributed by atoms with van der Waals surface area (Å²) in [6.45, 7) is 10.2. The molecule has 0 unspecified atom stereocenters. The molecule has 1 aliphatic heterocycles. The van der Waals surface area contributed by atoms with E-state index >= 15 is 0 Å². The van der Waals surface area contributed by atoms with Crippen LogP contribution in [0.4, 0.5) is 5.95 Å². The summed E-state index contributed by atoms with van der Waals surface area (Å²) in [4.78, 5) is 11.4. The van der Waals surface area contributed by atoms with Crippen molar-refractivity contribution in [2.24, 2.45) is 0 Å². The van der Waals surface area contributed by atoms with E-state index in [1.165, 1.54) is 5.01 Å². The third-order valence-electron chi connectivity index (χ3n) is 3.82. The van der Waals surface area contributed by atoms with Gasteiger partial charge in [-0.1, -0.05) is 20.8 Å². The summed E-state index contributed by atoms with van der Waals surface area (Å²) in [7, 11) is 0. The fourth-order valence-electron chi connectivity index (χ4n) is 2.53. The lowest BCUT2D eigenvalue weighted by Gasteiger charge is -2.29. The number of thiazole rings is 1. The molecular formula is C15H22N4OS. The lowest BCUT2D eigenvalue weighted by atomic mass is 9.97. The van der Waals surface area contributed by atoms with Gasteiger partial charge in [0.1, 0.15) is 0 Å². The third kappa shape index (κ3) is 3.10. The summed E-state index contributed by atoms with van der Waals surface area (Å²) in [5, 5.41) is 7.54. The van der Waals surface area contributed by atoms with Crippen LogP contribution in [0.25, 0.3) is 0 Å². The van der Waals surface area contributed by atoms with E-state index in [4.69, 9.17) is 4.52 Å². The standard InChI is InChI=1S/C15H22N4OS/c1-10-9-21-12(16-10)11-5-7-19(8-6-11)14-17-13(20-18-14)15(2,3)4/h9,11H,5-8H2,1-4H3. The summed E-state index contributed by atoms with van der Waals surface area (Å²) in [5.41, 5.74) is 1.03. The largest absolute Gasteiger partial charge is 0.338 e. The van der Waals surface area contributed by atoms with Crippen LogP contribution in [0.15, 0.2) is 9.90 Å². The maximum Gasteiger partial charge on any atom is 0.266 e. The normalized spacial score (nSPS) is 17.4. The summed E-state index contributed by atoms with van der Waals surface area (Å²) >= 11 is 1.78. The molecule has 0 spiro atoms. The highest BCUT2D eigenvalue weighted by atomic mass is 32.1. The Morgan fingerprint density at radius 2 is 1.95 bits per heavy atom. The van der Waals surface area contributed by atoms with Crippen molar-refractivity contribution in [2.45, 2.75) is 51.9 Å². The van der Waals surface area contributed by atoms with Crippen molar-refractivity contribution >= 4 is 17.3 Å². The lowest BCUT2D eigenvalue weighted by Crippen LogP contribution is -2.33. The molecule has 3 rings (SSSR count). The molecule has 0 bridgehead atoms. The number of rotatable bonds is 2. The number of aryl methyl sites for hydroxylation is 1. The summed E-state index contributed by atoms with van der Waals surface area (Å²) < 4.78 is 5.38. The Bertz CT molecular complexity index is 605. The Morgan fingerprint density at radius 3 is 2.48 bits per heavy atom. The van der Waals surface area contributed by atoms with Crippen molar-refractivity contribution in [2.75, 3.05) is 18.0 Å². The second-order valence-corrected chi connectivity index (χ2v) is 7.63. The number of hydrogen-bond acceptors (Lipinski definition) is 6.